The number of thiophene rings is 1. The van der Waals surface area contributed by atoms with Crippen molar-refractivity contribution in [2.45, 2.75) is 72.6 Å². The topological polar surface area (TPSA) is 66.4 Å². The Morgan fingerprint density at radius 1 is 1.07 bits per heavy atom. The van der Waals surface area contributed by atoms with Gasteiger partial charge in [-0.3, -0.25) is 9.59 Å². The lowest BCUT2D eigenvalue weighted by Gasteiger charge is -2.11. The summed E-state index contributed by atoms with van der Waals surface area (Å²) in [6.07, 6.45) is 4.33. The summed E-state index contributed by atoms with van der Waals surface area (Å²) in [5, 5.41) is 12.2. The Kier molecular flexibility index (Phi) is 9.94. The highest BCUT2D eigenvalue weighted by atomic mass is 32.1. The maximum Gasteiger partial charge on any atom is 0.257 e. The fraction of sp³-hybridized carbons (Fsp3) is 0.478. The van der Waals surface area contributed by atoms with Gasteiger partial charge in [-0.25, -0.2) is 0 Å². The van der Waals surface area contributed by atoms with Gasteiger partial charge < -0.3 is 10.4 Å². The molecule has 28 heavy (non-hydrogen) atoms. The Balaban J connectivity index is 0.000000892. The fourth-order valence-electron chi connectivity index (χ4n) is 2.53. The maximum absolute atomic E-state index is 12.8. The van der Waals surface area contributed by atoms with Crippen LogP contribution in [-0.2, 0) is 0 Å². The molecule has 0 saturated heterocycles. The van der Waals surface area contributed by atoms with Gasteiger partial charge in [-0.15, -0.1) is 11.3 Å². The average Bonchev–Trinajstić information content (AvgIpc) is 3.09. The molecule has 1 heterocycles. The molecule has 154 valence electrons. The van der Waals surface area contributed by atoms with Crippen LogP contribution in [0.3, 0.4) is 0 Å². The standard InChI is InChI=1S/C19H23NO3S.C4H10/c1-5-12(4)18-16(15(10-21)17(24-18)11(2)3)19(23)20-13-6-8-14(22)9-7-13;1-3-4-2/h6-12,22H,5H2,1-4H3,(H,20,23);3-4H2,1-2H3. The highest BCUT2D eigenvalue weighted by molar-refractivity contribution is 7.13. The molecule has 0 saturated carbocycles. The van der Waals surface area contributed by atoms with Gasteiger partial charge in [0.2, 0.25) is 0 Å². The van der Waals surface area contributed by atoms with Crippen molar-refractivity contribution in [3.63, 3.8) is 0 Å². The highest BCUT2D eigenvalue weighted by Gasteiger charge is 2.26. The molecule has 5 heteroatoms. The number of aromatic hydroxyl groups is 1. The molecule has 0 bridgehead atoms. The van der Waals surface area contributed by atoms with Crippen molar-refractivity contribution >= 4 is 29.2 Å². The van der Waals surface area contributed by atoms with Gasteiger partial charge in [-0.1, -0.05) is 54.4 Å². The summed E-state index contributed by atoms with van der Waals surface area (Å²) >= 11 is 1.56. The largest absolute Gasteiger partial charge is 0.508 e. The number of hydrogen-bond donors (Lipinski definition) is 2. The van der Waals surface area contributed by atoms with Gasteiger partial charge in [0.05, 0.1) is 5.56 Å². The summed E-state index contributed by atoms with van der Waals surface area (Å²) in [4.78, 5) is 26.4. The number of phenols is 1. The van der Waals surface area contributed by atoms with Crippen molar-refractivity contribution < 1.29 is 14.7 Å². The summed E-state index contributed by atoms with van der Waals surface area (Å²) in [6.45, 7) is 12.6. The van der Waals surface area contributed by atoms with Crippen LogP contribution >= 0.6 is 11.3 Å². The van der Waals surface area contributed by atoms with Crippen LogP contribution in [-0.4, -0.2) is 17.3 Å². The van der Waals surface area contributed by atoms with Gasteiger partial charge in [-0.05, 0) is 42.5 Å². The molecule has 1 aromatic carbocycles. The van der Waals surface area contributed by atoms with E-state index in [1.54, 1.807) is 23.5 Å². The predicted octanol–water partition coefficient (Wildman–Crippen LogP) is 6.96. The Hall–Kier alpha value is -2.14. The number of benzene rings is 1. The van der Waals surface area contributed by atoms with Crippen LogP contribution in [0.15, 0.2) is 24.3 Å². The fourth-order valence-corrected chi connectivity index (χ4v) is 3.94. The number of aldehydes is 1. The number of hydrogen-bond acceptors (Lipinski definition) is 4. The molecule has 1 unspecified atom stereocenters. The first-order valence-electron chi connectivity index (χ1n) is 10.0. The van der Waals surface area contributed by atoms with Crippen molar-refractivity contribution in [3.05, 3.63) is 45.1 Å². The van der Waals surface area contributed by atoms with E-state index < -0.39 is 0 Å². The molecular weight excluding hydrogens is 370 g/mol. The lowest BCUT2D eigenvalue weighted by atomic mass is 9.97. The molecular formula is C23H33NO3S. The second-order valence-electron chi connectivity index (χ2n) is 7.20. The summed E-state index contributed by atoms with van der Waals surface area (Å²) in [7, 11) is 0. The summed E-state index contributed by atoms with van der Waals surface area (Å²) in [5.74, 6) is 0.260. The van der Waals surface area contributed by atoms with E-state index in [0.29, 0.717) is 16.8 Å². The Bertz CT molecular complexity index is 761. The zero-order valence-electron chi connectivity index (χ0n) is 17.8. The first kappa shape index (κ1) is 23.9. The Labute approximate surface area is 173 Å². The van der Waals surface area contributed by atoms with Crippen molar-refractivity contribution in [3.8, 4) is 5.75 Å². The summed E-state index contributed by atoms with van der Waals surface area (Å²) in [6, 6.07) is 6.29. The van der Waals surface area contributed by atoms with Crippen LogP contribution in [0.1, 0.15) is 103 Å². The minimum absolute atomic E-state index is 0.138. The smallest absolute Gasteiger partial charge is 0.257 e. The first-order valence-corrected chi connectivity index (χ1v) is 10.8. The van der Waals surface area contributed by atoms with Crippen LogP contribution in [0.2, 0.25) is 0 Å². The quantitative estimate of drug-likeness (QED) is 0.388. The van der Waals surface area contributed by atoms with E-state index in [0.717, 1.165) is 22.5 Å². The normalized spacial score (nSPS) is 11.5. The zero-order chi connectivity index (χ0) is 21.3. The third-order valence-corrected chi connectivity index (χ3v) is 6.29. The van der Waals surface area contributed by atoms with Crippen molar-refractivity contribution in [2.75, 3.05) is 5.32 Å². The number of phenolic OH excluding ortho intramolecular Hbond substituents is 1. The molecule has 1 aromatic heterocycles. The van der Waals surface area contributed by atoms with E-state index >= 15 is 0 Å². The molecule has 0 aliphatic heterocycles. The predicted molar refractivity (Wildman–Crippen MR) is 119 cm³/mol. The molecule has 1 amide bonds. The van der Waals surface area contributed by atoms with Crippen LogP contribution < -0.4 is 5.32 Å². The molecule has 0 fully saturated rings. The van der Waals surface area contributed by atoms with Gasteiger partial charge in [0.25, 0.3) is 5.91 Å². The second-order valence-corrected chi connectivity index (χ2v) is 8.29. The van der Waals surface area contributed by atoms with Gasteiger partial charge in [-0.2, -0.15) is 0 Å². The van der Waals surface area contributed by atoms with E-state index in [-0.39, 0.29) is 23.5 Å². The van der Waals surface area contributed by atoms with E-state index in [9.17, 15) is 14.7 Å². The highest BCUT2D eigenvalue weighted by Crippen LogP contribution is 2.38. The van der Waals surface area contributed by atoms with E-state index in [1.165, 1.54) is 25.0 Å². The van der Waals surface area contributed by atoms with Crippen LogP contribution in [0.25, 0.3) is 0 Å². The molecule has 0 aliphatic rings. The molecule has 1 atom stereocenters. The minimum atomic E-state index is -0.277. The minimum Gasteiger partial charge on any atom is -0.508 e. The number of carbonyl (C=O) groups is 2. The monoisotopic (exact) mass is 403 g/mol. The molecule has 2 aromatic rings. The summed E-state index contributed by atoms with van der Waals surface area (Å²) < 4.78 is 0. The molecule has 0 aliphatic carbocycles. The van der Waals surface area contributed by atoms with Crippen LogP contribution in [0, 0.1) is 0 Å². The van der Waals surface area contributed by atoms with E-state index in [1.807, 2.05) is 13.8 Å². The Morgan fingerprint density at radius 3 is 2.07 bits per heavy atom. The Morgan fingerprint density at radius 2 is 1.64 bits per heavy atom. The van der Waals surface area contributed by atoms with Crippen molar-refractivity contribution in [1.82, 2.24) is 0 Å². The molecule has 0 radical (unpaired) electrons. The number of carbonyl (C=O) groups excluding carboxylic acids is 2. The zero-order valence-corrected chi connectivity index (χ0v) is 18.7. The maximum atomic E-state index is 12.8. The number of rotatable bonds is 7. The molecule has 2 N–H and O–H groups in total. The third-order valence-electron chi connectivity index (χ3n) is 4.56. The van der Waals surface area contributed by atoms with Gasteiger partial charge in [0, 0.05) is 21.0 Å². The van der Waals surface area contributed by atoms with E-state index in [4.69, 9.17) is 0 Å². The van der Waals surface area contributed by atoms with Crippen molar-refractivity contribution in [2.24, 2.45) is 0 Å². The molecule has 0 spiro atoms. The number of amides is 1. The first-order chi connectivity index (χ1) is 13.3. The molecule has 2 rings (SSSR count). The summed E-state index contributed by atoms with van der Waals surface area (Å²) in [5.41, 5.74) is 1.57. The number of anilines is 1. The number of unbranched alkanes of at least 4 members (excludes halogenated alkanes) is 1. The molecule has 4 nitrogen and oxygen atoms in total. The van der Waals surface area contributed by atoms with Crippen LogP contribution in [0.5, 0.6) is 5.75 Å². The lowest BCUT2D eigenvalue weighted by Crippen LogP contribution is -2.15. The third kappa shape index (κ3) is 6.20. The van der Waals surface area contributed by atoms with Crippen LogP contribution in [0.4, 0.5) is 5.69 Å². The van der Waals surface area contributed by atoms with Gasteiger partial charge in [0.15, 0.2) is 6.29 Å². The SMILES string of the molecule is CCC(C)c1sc(C(C)C)c(C=O)c1C(=O)Nc1ccc(O)cc1.CCCC. The van der Waals surface area contributed by atoms with Crippen molar-refractivity contribution in [1.29, 1.82) is 0 Å². The van der Waals surface area contributed by atoms with Gasteiger partial charge in [0.1, 0.15) is 5.75 Å². The average molecular weight is 404 g/mol. The second kappa shape index (κ2) is 11.6. The van der Waals surface area contributed by atoms with Gasteiger partial charge >= 0.3 is 0 Å². The number of nitrogens with one attached hydrogen (secondary N) is 1. The lowest BCUT2D eigenvalue weighted by molar-refractivity contribution is 0.101. The van der Waals surface area contributed by atoms with E-state index in [2.05, 4.69) is 33.0 Å².